The molecule has 1 aromatic heterocycles. The number of aromatic nitrogens is 2. The van der Waals surface area contributed by atoms with Crippen LogP contribution in [0.3, 0.4) is 0 Å². The van der Waals surface area contributed by atoms with Crippen molar-refractivity contribution in [2.24, 2.45) is 0 Å². The summed E-state index contributed by atoms with van der Waals surface area (Å²) in [4.78, 5) is 8.99. The molecule has 0 unspecified atom stereocenters. The van der Waals surface area contributed by atoms with Crippen molar-refractivity contribution in [3.63, 3.8) is 0 Å². The quantitative estimate of drug-likeness (QED) is 0.869. The number of nitriles is 1. The molecule has 0 bridgehead atoms. The Labute approximate surface area is 117 Å². The van der Waals surface area contributed by atoms with Crippen LogP contribution in [0.25, 0.3) is 0 Å². The molecule has 0 spiro atoms. The Morgan fingerprint density at radius 1 is 1.30 bits per heavy atom. The van der Waals surface area contributed by atoms with Gasteiger partial charge in [-0.05, 0) is 19.1 Å². The van der Waals surface area contributed by atoms with Gasteiger partial charge in [0.15, 0.2) is 0 Å². The van der Waals surface area contributed by atoms with E-state index in [0.717, 1.165) is 48.1 Å². The molecule has 0 saturated carbocycles. The van der Waals surface area contributed by atoms with Gasteiger partial charge >= 0.3 is 0 Å². The molecule has 5 heteroatoms. The highest BCUT2D eigenvalue weighted by Crippen LogP contribution is 2.25. The number of aryl methyl sites for hydroxylation is 1. The van der Waals surface area contributed by atoms with Crippen molar-refractivity contribution < 1.29 is 0 Å². The Morgan fingerprint density at radius 3 is 3.00 bits per heavy atom. The van der Waals surface area contributed by atoms with Crippen LogP contribution in [0, 0.1) is 18.3 Å². The number of rotatable bonds is 2. The second-order valence-electron chi connectivity index (χ2n) is 4.75. The van der Waals surface area contributed by atoms with E-state index >= 15 is 0 Å². The van der Waals surface area contributed by atoms with Gasteiger partial charge in [-0.1, -0.05) is 12.1 Å². The molecule has 0 radical (unpaired) electrons. The van der Waals surface area contributed by atoms with E-state index in [2.05, 4.69) is 26.7 Å². The van der Waals surface area contributed by atoms with E-state index in [1.807, 2.05) is 25.1 Å². The summed E-state index contributed by atoms with van der Waals surface area (Å²) in [5.41, 5.74) is 3.57. The van der Waals surface area contributed by atoms with Crippen molar-refractivity contribution in [2.75, 3.05) is 11.9 Å². The van der Waals surface area contributed by atoms with E-state index in [1.165, 1.54) is 0 Å². The van der Waals surface area contributed by atoms with E-state index in [0.29, 0.717) is 5.56 Å². The third kappa shape index (κ3) is 2.33. The molecule has 1 aliphatic heterocycles. The summed E-state index contributed by atoms with van der Waals surface area (Å²) in [5, 5.41) is 15.8. The lowest BCUT2D eigenvalue weighted by molar-refractivity contribution is 0.625. The third-order valence-electron chi connectivity index (χ3n) is 3.35. The number of nitrogens with zero attached hydrogens (tertiary/aromatic N) is 3. The Bertz CT molecular complexity index is 687. The smallest absolute Gasteiger partial charge is 0.138 e. The zero-order valence-electron chi connectivity index (χ0n) is 11.3. The first-order valence-corrected chi connectivity index (χ1v) is 6.61. The summed E-state index contributed by atoms with van der Waals surface area (Å²) in [6, 6.07) is 9.63. The van der Waals surface area contributed by atoms with Crippen molar-refractivity contribution in [3.05, 3.63) is 46.9 Å². The van der Waals surface area contributed by atoms with Crippen LogP contribution in [-0.2, 0) is 13.0 Å². The monoisotopic (exact) mass is 265 g/mol. The molecule has 0 aliphatic carbocycles. The fraction of sp³-hybridized carbons (Fsp3) is 0.267. The molecule has 0 saturated heterocycles. The molecule has 2 N–H and O–H groups in total. The largest absolute Gasteiger partial charge is 0.339 e. The Hall–Kier alpha value is -2.45. The summed E-state index contributed by atoms with van der Waals surface area (Å²) in [5.74, 6) is 1.55. The number of benzene rings is 1. The highest BCUT2D eigenvalue weighted by atomic mass is 15.1. The van der Waals surface area contributed by atoms with E-state index < -0.39 is 0 Å². The predicted octanol–water partition coefficient (Wildman–Crippen LogP) is 2.05. The summed E-state index contributed by atoms with van der Waals surface area (Å²) in [6.07, 6.45) is 0.910. The van der Waals surface area contributed by atoms with Gasteiger partial charge in [-0.15, -0.1) is 0 Å². The highest BCUT2D eigenvalue weighted by Gasteiger charge is 2.17. The van der Waals surface area contributed by atoms with Gasteiger partial charge in [0.25, 0.3) is 0 Å². The van der Waals surface area contributed by atoms with Crippen molar-refractivity contribution in [1.82, 2.24) is 15.3 Å². The fourth-order valence-electron chi connectivity index (χ4n) is 2.39. The molecule has 5 nitrogen and oxygen atoms in total. The van der Waals surface area contributed by atoms with E-state index in [1.54, 1.807) is 6.07 Å². The number of para-hydroxylation sites is 1. The average Bonchev–Trinajstić information content (AvgIpc) is 2.47. The highest BCUT2D eigenvalue weighted by molar-refractivity contribution is 5.66. The Balaban J connectivity index is 2.03. The van der Waals surface area contributed by atoms with E-state index in [-0.39, 0.29) is 0 Å². The number of fused-ring (bicyclic) bond motifs is 1. The lowest BCUT2D eigenvalue weighted by Gasteiger charge is -2.20. The summed E-state index contributed by atoms with van der Waals surface area (Å²) in [7, 11) is 0. The van der Waals surface area contributed by atoms with Crippen molar-refractivity contribution in [3.8, 4) is 6.07 Å². The maximum Gasteiger partial charge on any atom is 0.138 e. The van der Waals surface area contributed by atoms with E-state index in [4.69, 9.17) is 5.26 Å². The molecule has 2 aromatic rings. The van der Waals surface area contributed by atoms with Crippen LogP contribution in [0.1, 0.15) is 22.6 Å². The molecule has 1 aromatic carbocycles. The van der Waals surface area contributed by atoms with Gasteiger partial charge in [-0.3, -0.25) is 0 Å². The molecule has 0 atom stereocenters. The van der Waals surface area contributed by atoms with Gasteiger partial charge in [0.05, 0.1) is 16.9 Å². The minimum Gasteiger partial charge on any atom is -0.339 e. The standard InChI is InChI=1S/C15H15N5/c1-10-18-14-6-7-17-9-12(14)15(19-10)20-13-5-3-2-4-11(13)8-16/h2-5,17H,6-7,9H2,1H3,(H,18,19,20). The molecule has 2 heterocycles. The molecule has 100 valence electrons. The van der Waals surface area contributed by atoms with Gasteiger partial charge in [-0.2, -0.15) is 5.26 Å². The predicted molar refractivity (Wildman–Crippen MR) is 76.6 cm³/mol. The SMILES string of the molecule is Cc1nc2c(c(Nc3ccccc3C#N)n1)CNCC2. The average molecular weight is 265 g/mol. The zero-order chi connectivity index (χ0) is 13.9. The first kappa shape index (κ1) is 12.6. The minimum atomic E-state index is 0.612. The van der Waals surface area contributed by atoms with Crippen molar-refractivity contribution >= 4 is 11.5 Å². The van der Waals surface area contributed by atoms with Crippen LogP contribution in [0.4, 0.5) is 11.5 Å². The van der Waals surface area contributed by atoms with Crippen molar-refractivity contribution in [2.45, 2.75) is 19.9 Å². The zero-order valence-corrected chi connectivity index (χ0v) is 11.3. The van der Waals surface area contributed by atoms with Crippen LogP contribution in [-0.4, -0.2) is 16.5 Å². The van der Waals surface area contributed by atoms with Crippen LogP contribution in [0.15, 0.2) is 24.3 Å². The number of nitrogens with one attached hydrogen (secondary N) is 2. The second-order valence-corrected chi connectivity index (χ2v) is 4.75. The first-order valence-electron chi connectivity index (χ1n) is 6.61. The summed E-state index contributed by atoms with van der Waals surface area (Å²) >= 11 is 0. The number of hydrogen-bond donors (Lipinski definition) is 2. The van der Waals surface area contributed by atoms with Crippen LogP contribution < -0.4 is 10.6 Å². The molecule has 20 heavy (non-hydrogen) atoms. The van der Waals surface area contributed by atoms with Crippen LogP contribution in [0.2, 0.25) is 0 Å². The second kappa shape index (κ2) is 5.27. The Kier molecular flexibility index (Phi) is 3.32. The maximum absolute atomic E-state index is 9.15. The summed E-state index contributed by atoms with van der Waals surface area (Å²) in [6.45, 7) is 3.59. The molecule has 0 fully saturated rings. The molecule has 0 amide bonds. The van der Waals surface area contributed by atoms with Crippen LogP contribution >= 0.6 is 0 Å². The maximum atomic E-state index is 9.15. The molecule has 3 rings (SSSR count). The molecule has 1 aliphatic rings. The lowest BCUT2D eigenvalue weighted by Crippen LogP contribution is -2.26. The third-order valence-corrected chi connectivity index (χ3v) is 3.35. The number of hydrogen-bond acceptors (Lipinski definition) is 5. The normalized spacial score (nSPS) is 13.4. The van der Waals surface area contributed by atoms with Gasteiger partial charge in [0.1, 0.15) is 17.7 Å². The topological polar surface area (TPSA) is 73.6 Å². The first-order chi connectivity index (χ1) is 9.78. The molecular formula is C15H15N5. The van der Waals surface area contributed by atoms with Gasteiger partial charge < -0.3 is 10.6 Å². The number of anilines is 2. The fourth-order valence-corrected chi connectivity index (χ4v) is 2.39. The Morgan fingerprint density at radius 2 is 2.15 bits per heavy atom. The molecular weight excluding hydrogens is 250 g/mol. The minimum absolute atomic E-state index is 0.612. The van der Waals surface area contributed by atoms with E-state index in [9.17, 15) is 0 Å². The van der Waals surface area contributed by atoms with Gasteiger partial charge in [0.2, 0.25) is 0 Å². The summed E-state index contributed by atoms with van der Waals surface area (Å²) < 4.78 is 0. The van der Waals surface area contributed by atoms with Gasteiger partial charge in [0, 0.05) is 25.1 Å². The van der Waals surface area contributed by atoms with Crippen molar-refractivity contribution in [1.29, 1.82) is 5.26 Å². The van der Waals surface area contributed by atoms with Crippen LogP contribution in [0.5, 0.6) is 0 Å². The lowest BCUT2D eigenvalue weighted by atomic mass is 10.1. The van der Waals surface area contributed by atoms with Gasteiger partial charge in [-0.25, -0.2) is 9.97 Å².